The van der Waals surface area contributed by atoms with Crippen LogP contribution in [0.25, 0.3) is 0 Å². The number of non-ortho nitro benzene ring substituents is 1. The first-order chi connectivity index (χ1) is 15.1. The number of carbonyl (C=O) groups is 1. The predicted octanol–water partition coefficient (Wildman–Crippen LogP) is 2.98. The molecule has 0 N–H and O–H groups in total. The first-order valence-corrected chi connectivity index (χ1v) is 12.0. The number of rotatable bonds is 7. The lowest BCUT2D eigenvalue weighted by Crippen LogP contribution is -2.50. The second kappa shape index (κ2) is 9.66. The number of nitrogens with zero attached hydrogens (tertiary/aromatic N) is 4. The van der Waals surface area contributed by atoms with Crippen molar-refractivity contribution in [2.75, 3.05) is 37.6 Å². The summed E-state index contributed by atoms with van der Waals surface area (Å²) in [6.07, 6.45) is 0. The Morgan fingerprint density at radius 1 is 1.09 bits per heavy atom. The van der Waals surface area contributed by atoms with Gasteiger partial charge in [-0.25, -0.2) is 8.42 Å². The van der Waals surface area contributed by atoms with E-state index in [9.17, 15) is 23.3 Å². The van der Waals surface area contributed by atoms with E-state index in [-0.39, 0.29) is 42.7 Å². The number of hydrogen-bond acceptors (Lipinski definition) is 6. The molecular formula is C22H28N4O5S. The summed E-state index contributed by atoms with van der Waals surface area (Å²) in [5.41, 5.74) is 1.33. The molecule has 1 fully saturated rings. The van der Waals surface area contributed by atoms with Gasteiger partial charge in [-0.1, -0.05) is 6.07 Å². The lowest BCUT2D eigenvalue weighted by Gasteiger charge is -2.34. The minimum Gasteiger partial charge on any atom is -0.369 e. The molecule has 32 heavy (non-hydrogen) atoms. The average Bonchev–Trinajstić information content (AvgIpc) is 2.79. The molecule has 3 rings (SSSR count). The molecular weight excluding hydrogens is 432 g/mol. The van der Waals surface area contributed by atoms with E-state index in [2.05, 4.69) is 25.7 Å². The van der Waals surface area contributed by atoms with Crippen LogP contribution in [-0.2, 0) is 10.0 Å². The molecule has 1 heterocycles. The van der Waals surface area contributed by atoms with E-state index in [1.54, 1.807) is 17.0 Å². The fraction of sp³-hybridized carbons (Fsp3) is 0.409. The molecule has 1 aliphatic rings. The minimum absolute atomic E-state index is 0.118. The van der Waals surface area contributed by atoms with E-state index in [1.165, 1.54) is 22.5 Å². The van der Waals surface area contributed by atoms with Crippen LogP contribution in [0.1, 0.15) is 31.1 Å². The van der Waals surface area contributed by atoms with Crippen molar-refractivity contribution in [1.82, 2.24) is 9.21 Å². The van der Waals surface area contributed by atoms with Crippen LogP contribution < -0.4 is 4.90 Å². The number of anilines is 1. The van der Waals surface area contributed by atoms with Crippen molar-refractivity contribution in [2.45, 2.75) is 31.7 Å². The van der Waals surface area contributed by atoms with E-state index >= 15 is 0 Å². The number of nitro groups is 1. The van der Waals surface area contributed by atoms with Gasteiger partial charge in [0.15, 0.2) is 0 Å². The maximum atomic E-state index is 12.9. The van der Waals surface area contributed by atoms with Gasteiger partial charge in [-0.3, -0.25) is 14.9 Å². The van der Waals surface area contributed by atoms with Crippen molar-refractivity contribution >= 4 is 27.3 Å². The maximum absolute atomic E-state index is 12.9. The Kier molecular flexibility index (Phi) is 7.15. The number of amides is 1. The molecule has 0 atom stereocenters. The second-order valence-corrected chi connectivity index (χ2v) is 9.82. The highest BCUT2D eigenvalue weighted by molar-refractivity contribution is 7.89. The van der Waals surface area contributed by atoms with Crippen molar-refractivity contribution in [2.24, 2.45) is 0 Å². The first kappa shape index (κ1) is 23.7. The fourth-order valence-corrected chi connectivity index (χ4v) is 5.32. The van der Waals surface area contributed by atoms with Gasteiger partial charge in [0, 0.05) is 62.1 Å². The third-order valence-corrected chi connectivity index (χ3v) is 7.50. The number of hydrogen-bond donors (Lipinski definition) is 0. The van der Waals surface area contributed by atoms with Crippen molar-refractivity contribution < 1.29 is 18.1 Å². The van der Waals surface area contributed by atoms with E-state index in [1.807, 2.05) is 12.1 Å². The molecule has 1 aliphatic heterocycles. The maximum Gasteiger partial charge on any atom is 0.270 e. The Labute approximate surface area is 188 Å². The standard InChI is InChI=1S/C22H28N4O5S/c1-4-25(17(2)3)19-10-8-18(9-11-19)22(27)23-12-14-24(15-13-23)32(30,31)21-7-5-6-20(16-21)26(28)29/h5-11,16-17H,4,12-15H2,1-3H3. The van der Waals surface area contributed by atoms with Gasteiger partial charge in [0.1, 0.15) is 0 Å². The molecule has 2 aromatic rings. The van der Waals surface area contributed by atoms with Gasteiger partial charge in [-0.05, 0) is 51.1 Å². The Balaban J connectivity index is 1.67. The highest BCUT2D eigenvalue weighted by Gasteiger charge is 2.31. The highest BCUT2D eigenvalue weighted by atomic mass is 32.2. The first-order valence-electron chi connectivity index (χ1n) is 10.6. The summed E-state index contributed by atoms with van der Waals surface area (Å²) in [5.74, 6) is -0.142. The van der Waals surface area contributed by atoms with Gasteiger partial charge in [-0.15, -0.1) is 0 Å². The molecule has 0 spiro atoms. The molecule has 0 unspecified atom stereocenters. The summed E-state index contributed by atoms with van der Waals surface area (Å²) in [4.78, 5) is 27.0. The largest absolute Gasteiger partial charge is 0.369 e. The minimum atomic E-state index is -3.87. The van der Waals surface area contributed by atoms with Gasteiger partial charge in [-0.2, -0.15) is 4.31 Å². The number of sulfonamides is 1. The summed E-state index contributed by atoms with van der Waals surface area (Å²) < 4.78 is 27.0. The van der Waals surface area contributed by atoms with Crippen LogP contribution in [-0.4, -0.2) is 67.2 Å². The Morgan fingerprint density at radius 3 is 2.25 bits per heavy atom. The second-order valence-electron chi connectivity index (χ2n) is 7.88. The lowest BCUT2D eigenvalue weighted by atomic mass is 10.1. The molecule has 1 amide bonds. The summed E-state index contributed by atoms with van der Waals surface area (Å²) in [7, 11) is -3.87. The summed E-state index contributed by atoms with van der Waals surface area (Å²) in [6, 6.07) is 12.8. The Morgan fingerprint density at radius 2 is 1.72 bits per heavy atom. The van der Waals surface area contributed by atoms with Gasteiger partial charge in [0.2, 0.25) is 10.0 Å². The van der Waals surface area contributed by atoms with E-state index in [0.29, 0.717) is 11.6 Å². The summed E-state index contributed by atoms with van der Waals surface area (Å²) in [5, 5.41) is 11.0. The number of carbonyl (C=O) groups excluding carboxylic acids is 1. The molecule has 10 heteroatoms. The third-order valence-electron chi connectivity index (χ3n) is 5.60. The smallest absolute Gasteiger partial charge is 0.270 e. The molecule has 9 nitrogen and oxygen atoms in total. The summed E-state index contributed by atoms with van der Waals surface area (Å²) in [6.45, 7) is 7.95. The van der Waals surface area contributed by atoms with Crippen molar-refractivity contribution in [3.8, 4) is 0 Å². The van der Waals surface area contributed by atoms with Crippen LogP contribution in [0.2, 0.25) is 0 Å². The van der Waals surface area contributed by atoms with Crippen molar-refractivity contribution in [3.63, 3.8) is 0 Å². The van der Waals surface area contributed by atoms with Gasteiger partial charge >= 0.3 is 0 Å². The average molecular weight is 461 g/mol. The molecule has 1 saturated heterocycles. The number of nitro benzene ring substituents is 1. The molecule has 172 valence electrons. The van der Waals surface area contributed by atoms with E-state index in [4.69, 9.17) is 0 Å². The van der Waals surface area contributed by atoms with Crippen LogP contribution in [0.5, 0.6) is 0 Å². The number of piperazine rings is 1. The van der Waals surface area contributed by atoms with E-state index < -0.39 is 14.9 Å². The van der Waals surface area contributed by atoms with Crippen LogP contribution in [0.4, 0.5) is 11.4 Å². The quantitative estimate of drug-likeness (QED) is 0.465. The monoisotopic (exact) mass is 460 g/mol. The fourth-order valence-electron chi connectivity index (χ4n) is 3.86. The van der Waals surface area contributed by atoms with Crippen LogP contribution in [0.15, 0.2) is 53.4 Å². The lowest BCUT2D eigenvalue weighted by molar-refractivity contribution is -0.385. The summed E-state index contributed by atoms with van der Waals surface area (Å²) >= 11 is 0. The molecule has 0 radical (unpaired) electrons. The molecule has 0 aliphatic carbocycles. The van der Waals surface area contributed by atoms with Crippen LogP contribution >= 0.6 is 0 Å². The van der Waals surface area contributed by atoms with Crippen molar-refractivity contribution in [1.29, 1.82) is 0 Å². The normalized spacial score (nSPS) is 15.1. The molecule has 2 aromatic carbocycles. The van der Waals surface area contributed by atoms with Gasteiger partial charge < -0.3 is 9.80 Å². The Hall–Kier alpha value is -2.98. The van der Waals surface area contributed by atoms with Crippen LogP contribution in [0.3, 0.4) is 0 Å². The predicted molar refractivity (Wildman–Crippen MR) is 122 cm³/mol. The SMILES string of the molecule is CCN(c1ccc(C(=O)N2CCN(S(=O)(=O)c3cccc([N+](=O)[O-])c3)CC2)cc1)C(C)C. The Bertz CT molecular complexity index is 1080. The zero-order valence-electron chi connectivity index (χ0n) is 18.5. The van der Waals surface area contributed by atoms with Crippen LogP contribution in [0, 0.1) is 10.1 Å². The van der Waals surface area contributed by atoms with Gasteiger partial charge in [0.25, 0.3) is 11.6 Å². The highest BCUT2D eigenvalue weighted by Crippen LogP contribution is 2.23. The zero-order chi connectivity index (χ0) is 23.5. The molecule has 0 bridgehead atoms. The zero-order valence-corrected chi connectivity index (χ0v) is 19.3. The number of benzene rings is 2. The van der Waals surface area contributed by atoms with E-state index in [0.717, 1.165) is 18.3 Å². The van der Waals surface area contributed by atoms with Crippen molar-refractivity contribution in [3.05, 3.63) is 64.2 Å². The third kappa shape index (κ3) is 4.91. The molecule has 0 aromatic heterocycles. The topological polar surface area (TPSA) is 104 Å². The molecule has 0 saturated carbocycles. The van der Waals surface area contributed by atoms with Gasteiger partial charge in [0.05, 0.1) is 9.82 Å².